The molecule has 5 nitrogen and oxygen atoms in total. The number of halogens is 1. The molecule has 0 aromatic heterocycles. The zero-order chi connectivity index (χ0) is 14.2. The van der Waals surface area contributed by atoms with E-state index >= 15 is 0 Å². The van der Waals surface area contributed by atoms with Crippen LogP contribution in [0.25, 0.3) is 0 Å². The maximum atomic E-state index is 13.8. The highest BCUT2D eigenvalue weighted by Crippen LogP contribution is 2.44. The predicted octanol–water partition coefficient (Wildman–Crippen LogP) is 2.57. The van der Waals surface area contributed by atoms with Gasteiger partial charge in [0.15, 0.2) is 0 Å². The van der Waals surface area contributed by atoms with Crippen LogP contribution in [0.4, 0.5) is 10.1 Å². The highest BCUT2D eigenvalue weighted by molar-refractivity contribution is 5.95. The number of hydrogen-bond acceptors (Lipinski definition) is 3. The highest BCUT2D eigenvalue weighted by atomic mass is 19.1. The lowest BCUT2D eigenvalue weighted by Crippen LogP contribution is -2.29. The first kappa shape index (κ1) is 13.5. The Balaban J connectivity index is 2.22. The maximum absolute atomic E-state index is 13.8. The van der Waals surface area contributed by atoms with Crippen molar-refractivity contribution in [2.24, 2.45) is 5.41 Å². The number of hydrogen-bond donors (Lipinski definition) is 1. The number of nitrogens with zero attached hydrogens (tertiary/aromatic N) is 1. The molecular weight excluding hydrogens is 251 g/mol. The standard InChI is InChI=1S/C13H15FN2O3/c1-8-5-9(16(18)19)6-10(11(8)14)12(17)15-7-13(2)3-4-13/h5-6H,3-4,7H2,1-2H3,(H,15,17). The van der Waals surface area contributed by atoms with E-state index in [0.717, 1.165) is 25.0 Å². The summed E-state index contributed by atoms with van der Waals surface area (Å²) in [5.41, 5.74) is -0.350. The molecule has 0 saturated heterocycles. The Hall–Kier alpha value is -1.98. The molecule has 1 fully saturated rings. The molecular formula is C13H15FN2O3. The number of carbonyl (C=O) groups excluding carboxylic acids is 1. The quantitative estimate of drug-likeness (QED) is 0.672. The van der Waals surface area contributed by atoms with E-state index in [0.29, 0.717) is 6.54 Å². The third-order valence-corrected chi connectivity index (χ3v) is 3.47. The molecule has 0 aliphatic heterocycles. The summed E-state index contributed by atoms with van der Waals surface area (Å²) in [7, 11) is 0. The molecule has 0 unspecified atom stereocenters. The van der Waals surface area contributed by atoms with Crippen LogP contribution in [0.15, 0.2) is 12.1 Å². The molecule has 0 atom stereocenters. The van der Waals surface area contributed by atoms with Crippen LogP contribution in [0, 0.1) is 28.3 Å². The van der Waals surface area contributed by atoms with Crippen molar-refractivity contribution in [3.63, 3.8) is 0 Å². The summed E-state index contributed by atoms with van der Waals surface area (Å²) in [6, 6.07) is 2.10. The number of nitrogens with one attached hydrogen (secondary N) is 1. The Morgan fingerprint density at radius 2 is 2.16 bits per heavy atom. The number of benzene rings is 1. The summed E-state index contributed by atoms with van der Waals surface area (Å²) >= 11 is 0. The molecule has 1 N–H and O–H groups in total. The highest BCUT2D eigenvalue weighted by Gasteiger charge is 2.37. The van der Waals surface area contributed by atoms with Gasteiger partial charge in [-0.05, 0) is 30.7 Å². The van der Waals surface area contributed by atoms with Crippen LogP contribution in [0.5, 0.6) is 0 Å². The summed E-state index contributed by atoms with van der Waals surface area (Å²) in [5, 5.41) is 13.4. The molecule has 0 bridgehead atoms. The molecule has 0 heterocycles. The molecule has 0 spiro atoms. The minimum Gasteiger partial charge on any atom is -0.351 e. The Labute approximate surface area is 110 Å². The first-order valence-corrected chi connectivity index (χ1v) is 6.05. The van der Waals surface area contributed by atoms with Gasteiger partial charge in [-0.25, -0.2) is 4.39 Å². The molecule has 1 aliphatic rings. The number of amides is 1. The van der Waals surface area contributed by atoms with Gasteiger partial charge < -0.3 is 5.32 Å². The van der Waals surface area contributed by atoms with Gasteiger partial charge in [0.2, 0.25) is 0 Å². The fraction of sp³-hybridized carbons (Fsp3) is 0.462. The average molecular weight is 266 g/mol. The summed E-state index contributed by atoms with van der Waals surface area (Å²) in [4.78, 5) is 22.0. The second-order valence-corrected chi connectivity index (χ2v) is 5.37. The number of aryl methyl sites for hydroxylation is 1. The van der Waals surface area contributed by atoms with E-state index in [9.17, 15) is 19.3 Å². The number of nitro benzene ring substituents is 1. The Morgan fingerprint density at radius 3 is 2.68 bits per heavy atom. The second kappa shape index (κ2) is 4.60. The van der Waals surface area contributed by atoms with Gasteiger partial charge in [-0.2, -0.15) is 0 Å². The van der Waals surface area contributed by atoms with Crippen molar-refractivity contribution >= 4 is 11.6 Å². The van der Waals surface area contributed by atoms with Gasteiger partial charge in [-0.1, -0.05) is 6.92 Å². The summed E-state index contributed by atoms with van der Waals surface area (Å²) in [6.45, 7) is 3.90. The lowest BCUT2D eigenvalue weighted by molar-refractivity contribution is -0.385. The second-order valence-electron chi connectivity index (χ2n) is 5.37. The van der Waals surface area contributed by atoms with Crippen LogP contribution in [-0.2, 0) is 0 Å². The van der Waals surface area contributed by atoms with Gasteiger partial charge in [0, 0.05) is 18.7 Å². The lowest BCUT2D eigenvalue weighted by Gasteiger charge is -2.11. The van der Waals surface area contributed by atoms with Crippen molar-refractivity contribution in [2.45, 2.75) is 26.7 Å². The molecule has 6 heteroatoms. The molecule has 2 rings (SSSR count). The third-order valence-electron chi connectivity index (χ3n) is 3.47. The Bertz CT molecular complexity index is 553. The van der Waals surface area contributed by atoms with Crippen LogP contribution in [0.3, 0.4) is 0 Å². The molecule has 0 radical (unpaired) electrons. The van der Waals surface area contributed by atoms with Gasteiger partial charge >= 0.3 is 0 Å². The van der Waals surface area contributed by atoms with Crippen LogP contribution < -0.4 is 5.32 Å². The van der Waals surface area contributed by atoms with Crippen LogP contribution >= 0.6 is 0 Å². The average Bonchev–Trinajstić information content (AvgIpc) is 3.08. The van der Waals surface area contributed by atoms with Gasteiger partial charge in [-0.15, -0.1) is 0 Å². The number of non-ortho nitro benzene ring substituents is 1. The Morgan fingerprint density at radius 1 is 1.53 bits per heavy atom. The van der Waals surface area contributed by atoms with Gasteiger partial charge in [0.25, 0.3) is 11.6 Å². The maximum Gasteiger partial charge on any atom is 0.270 e. The van der Waals surface area contributed by atoms with Crippen molar-refractivity contribution in [2.75, 3.05) is 6.54 Å². The van der Waals surface area contributed by atoms with Crippen molar-refractivity contribution < 1.29 is 14.1 Å². The van der Waals surface area contributed by atoms with Crippen molar-refractivity contribution in [3.05, 3.63) is 39.2 Å². The molecule has 1 aromatic carbocycles. The van der Waals surface area contributed by atoms with E-state index in [1.54, 1.807) is 0 Å². The summed E-state index contributed by atoms with van der Waals surface area (Å²) < 4.78 is 13.8. The Kier molecular flexibility index (Phi) is 3.26. The SMILES string of the molecule is Cc1cc([N+](=O)[O-])cc(C(=O)NCC2(C)CC2)c1F. The van der Waals surface area contributed by atoms with Crippen LogP contribution in [0.1, 0.15) is 35.7 Å². The van der Waals surface area contributed by atoms with E-state index in [4.69, 9.17) is 0 Å². The van der Waals surface area contributed by atoms with E-state index < -0.39 is 16.6 Å². The smallest absolute Gasteiger partial charge is 0.270 e. The fourth-order valence-electron chi connectivity index (χ4n) is 1.80. The van der Waals surface area contributed by atoms with Crippen molar-refractivity contribution in [1.29, 1.82) is 0 Å². The van der Waals surface area contributed by atoms with Gasteiger partial charge in [0.05, 0.1) is 10.5 Å². The first-order chi connectivity index (χ1) is 8.82. The van der Waals surface area contributed by atoms with Gasteiger partial charge in [-0.3, -0.25) is 14.9 Å². The molecule has 1 aliphatic carbocycles. The van der Waals surface area contributed by atoms with Crippen molar-refractivity contribution in [1.82, 2.24) is 5.32 Å². The fourth-order valence-corrected chi connectivity index (χ4v) is 1.80. The normalized spacial score (nSPS) is 15.9. The number of rotatable bonds is 4. The summed E-state index contributed by atoms with van der Waals surface area (Å²) in [5.74, 6) is -1.30. The molecule has 19 heavy (non-hydrogen) atoms. The predicted molar refractivity (Wildman–Crippen MR) is 67.5 cm³/mol. The van der Waals surface area contributed by atoms with E-state index in [2.05, 4.69) is 5.32 Å². The molecule has 1 aromatic rings. The summed E-state index contributed by atoms with van der Waals surface area (Å²) in [6.07, 6.45) is 2.06. The van der Waals surface area contributed by atoms with E-state index in [-0.39, 0.29) is 22.2 Å². The van der Waals surface area contributed by atoms with Crippen LogP contribution in [0.2, 0.25) is 0 Å². The number of nitro groups is 1. The van der Waals surface area contributed by atoms with Crippen molar-refractivity contribution in [3.8, 4) is 0 Å². The third kappa shape index (κ3) is 2.89. The largest absolute Gasteiger partial charge is 0.351 e. The zero-order valence-electron chi connectivity index (χ0n) is 10.8. The van der Waals surface area contributed by atoms with E-state index in [1.165, 1.54) is 6.92 Å². The minimum atomic E-state index is -0.705. The van der Waals surface area contributed by atoms with Crippen LogP contribution in [-0.4, -0.2) is 17.4 Å². The van der Waals surface area contributed by atoms with E-state index in [1.807, 2.05) is 6.92 Å². The topological polar surface area (TPSA) is 72.2 Å². The number of carbonyl (C=O) groups is 1. The first-order valence-electron chi connectivity index (χ1n) is 6.05. The molecule has 1 saturated carbocycles. The lowest BCUT2D eigenvalue weighted by atomic mass is 10.1. The van der Waals surface area contributed by atoms with Gasteiger partial charge in [0.1, 0.15) is 5.82 Å². The molecule has 1 amide bonds. The zero-order valence-corrected chi connectivity index (χ0v) is 10.8. The minimum absolute atomic E-state index is 0.0944. The monoisotopic (exact) mass is 266 g/mol. The molecule has 102 valence electrons.